The van der Waals surface area contributed by atoms with Gasteiger partial charge >= 0.3 is 0 Å². The molecule has 1 aromatic rings. The molecular formula is C15H21NO. The summed E-state index contributed by atoms with van der Waals surface area (Å²) in [7, 11) is 0. The summed E-state index contributed by atoms with van der Waals surface area (Å²) >= 11 is 0. The lowest BCUT2D eigenvalue weighted by atomic mass is 9.91. The lowest BCUT2D eigenvalue weighted by Gasteiger charge is -2.30. The maximum absolute atomic E-state index is 5.91. The molecule has 0 aromatic heterocycles. The molecule has 1 atom stereocenters. The fraction of sp³-hybridized carbons (Fsp3) is 0.600. The van der Waals surface area contributed by atoms with Gasteiger partial charge in [-0.15, -0.1) is 0 Å². The fourth-order valence-corrected chi connectivity index (χ4v) is 2.81. The average Bonchev–Trinajstić information content (AvgIpc) is 3.10. The van der Waals surface area contributed by atoms with E-state index in [1.54, 1.807) is 0 Å². The third-order valence-corrected chi connectivity index (χ3v) is 4.05. The van der Waals surface area contributed by atoms with Crippen molar-refractivity contribution >= 4 is 0 Å². The van der Waals surface area contributed by atoms with Gasteiger partial charge in [0.2, 0.25) is 0 Å². The Morgan fingerprint density at radius 2 is 1.88 bits per heavy atom. The van der Waals surface area contributed by atoms with E-state index in [1.165, 1.54) is 35.1 Å². The lowest BCUT2D eigenvalue weighted by Crippen LogP contribution is -2.29. The summed E-state index contributed by atoms with van der Waals surface area (Å²) in [5, 5.41) is 3.76. The van der Waals surface area contributed by atoms with E-state index in [0.717, 1.165) is 24.8 Å². The van der Waals surface area contributed by atoms with Crippen LogP contribution in [0.5, 0.6) is 5.75 Å². The van der Waals surface area contributed by atoms with Crippen LogP contribution in [0.4, 0.5) is 0 Å². The third kappa shape index (κ3) is 1.95. The minimum Gasteiger partial charge on any atom is -0.493 e. The molecular weight excluding hydrogens is 210 g/mol. The van der Waals surface area contributed by atoms with Crippen LogP contribution in [0.1, 0.15) is 47.6 Å². The highest BCUT2D eigenvalue weighted by Crippen LogP contribution is 2.40. The van der Waals surface area contributed by atoms with Gasteiger partial charge < -0.3 is 10.1 Å². The van der Waals surface area contributed by atoms with E-state index in [9.17, 15) is 0 Å². The molecule has 0 amide bonds. The van der Waals surface area contributed by atoms with Crippen molar-refractivity contribution in [3.05, 3.63) is 28.3 Å². The van der Waals surface area contributed by atoms with Gasteiger partial charge in [-0.05, 0) is 50.3 Å². The van der Waals surface area contributed by atoms with Crippen molar-refractivity contribution in [2.24, 2.45) is 0 Å². The molecule has 1 N–H and O–H groups in total. The number of rotatable bonds is 2. The molecule has 3 rings (SSSR count). The van der Waals surface area contributed by atoms with Crippen molar-refractivity contribution in [2.45, 2.75) is 52.1 Å². The molecule has 1 aliphatic carbocycles. The Bertz CT molecular complexity index is 449. The van der Waals surface area contributed by atoms with Gasteiger partial charge in [0.1, 0.15) is 5.75 Å². The normalized spacial score (nSPS) is 23.1. The predicted molar refractivity (Wildman–Crippen MR) is 69.7 cm³/mol. The van der Waals surface area contributed by atoms with Crippen LogP contribution >= 0.6 is 0 Å². The van der Waals surface area contributed by atoms with Gasteiger partial charge in [-0.1, -0.05) is 6.07 Å². The van der Waals surface area contributed by atoms with Gasteiger partial charge in [0, 0.05) is 24.1 Å². The molecule has 1 fully saturated rings. The number of nitrogens with one attached hydrogen (secondary N) is 1. The monoisotopic (exact) mass is 231 g/mol. The first-order chi connectivity index (χ1) is 8.16. The second-order valence-corrected chi connectivity index (χ2v) is 5.51. The van der Waals surface area contributed by atoms with E-state index in [4.69, 9.17) is 4.74 Å². The topological polar surface area (TPSA) is 21.3 Å². The van der Waals surface area contributed by atoms with E-state index < -0.39 is 0 Å². The Balaban J connectivity index is 2.02. The molecule has 0 spiro atoms. The van der Waals surface area contributed by atoms with Gasteiger partial charge in [0.25, 0.3) is 0 Å². The summed E-state index contributed by atoms with van der Waals surface area (Å²) in [5.41, 5.74) is 5.44. The van der Waals surface area contributed by atoms with Crippen LogP contribution in [0, 0.1) is 20.8 Å². The van der Waals surface area contributed by atoms with Crippen LogP contribution < -0.4 is 10.1 Å². The minimum atomic E-state index is 0.505. The van der Waals surface area contributed by atoms with Crippen molar-refractivity contribution in [3.63, 3.8) is 0 Å². The molecule has 0 bridgehead atoms. The first-order valence-corrected chi connectivity index (χ1v) is 6.66. The zero-order valence-electron chi connectivity index (χ0n) is 11.0. The van der Waals surface area contributed by atoms with Crippen LogP contribution in [0.25, 0.3) is 0 Å². The van der Waals surface area contributed by atoms with Crippen molar-refractivity contribution in [2.75, 3.05) is 6.61 Å². The molecule has 0 saturated heterocycles. The van der Waals surface area contributed by atoms with Crippen LogP contribution in [0.3, 0.4) is 0 Å². The number of hydrogen-bond acceptors (Lipinski definition) is 2. The van der Waals surface area contributed by atoms with Crippen LogP contribution in [0.15, 0.2) is 6.07 Å². The SMILES string of the molecule is Cc1cc(C)c2c(c1C)OCCC2NC1CC1. The van der Waals surface area contributed by atoms with E-state index >= 15 is 0 Å². The van der Waals surface area contributed by atoms with Gasteiger partial charge in [-0.3, -0.25) is 0 Å². The van der Waals surface area contributed by atoms with E-state index in [2.05, 4.69) is 32.2 Å². The molecule has 92 valence electrons. The standard InChI is InChI=1S/C15H21NO/c1-9-8-10(2)14-13(16-12-4-5-12)6-7-17-15(14)11(9)3/h8,12-13,16H,4-7H2,1-3H3. The van der Waals surface area contributed by atoms with E-state index in [-0.39, 0.29) is 0 Å². The highest BCUT2D eigenvalue weighted by Gasteiger charge is 2.30. The maximum Gasteiger partial charge on any atom is 0.127 e. The zero-order chi connectivity index (χ0) is 12.0. The molecule has 17 heavy (non-hydrogen) atoms. The fourth-order valence-electron chi connectivity index (χ4n) is 2.81. The first-order valence-electron chi connectivity index (χ1n) is 6.66. The minimum absolute atomic E-state index is 0.505. The summed E-state index contributed by atoms with van der Waals surface area (Å²) in [5.74, 6) is 1.15. The number of benzene rings is 1. The van der Waals surface area contributed by atoms with Crippen molar-refractivity contribution < 1.29 is 4.74 Å². The summed E-state index contributed by atoms with van der Waals surface area (Å²) in [6.45, 7) is 7.40. The van der Waals surface area contributed by atoms with E-state index in [1.807, 2.05) is 0 Å². The Labute approximate surface area is 103 Å². The predicted octanol–water partition coefficient (Wildman–Crippen LogP) is 3.19. The van der Waals surface area contributed by atoms with Gasteiger partial charge in [0.05, 0.1) is 6.61 Å². The zero-order valence-corrected chi connectivity index (χ0v) is 11.0. The summed E-state index contributed by atoms with van der Waals surface area (Å²) in [6.07, 6.45) is 3.79. The quantitative estimate of drug-likeness (QED) is 0.844. The largest absolute Gasteiger partial charge is 0.493 e. The molecule has 1 aliphatic heterocycles. The second-order valence-electron chi connectivity index (χ2n) is 5.51. The van der Waals surface area contributed by atoms with Gasteiger partial charge in [0.15, 0.2) is 0 Å². The molecule has 1 aromatic carbocycles. The second kappa shape index (κ2) is 4.02. The Hall–Kier alpha value is -1.02. The lowest BCUT2D eigenvalue weighted by molar-refractivity contribution is 0.249. The van der Waals surface area contributed by atoms with Crippen LogP contribution in [-0.4, -0.2) is 12.6 Å². The van der Waals surface area contributed by atoms with E-state index in [0.29, 0.717) is 6.04 Å². The number of aryl methyl sites for hydroxylation is 2. The molecule has 2 aliphatic rings. The smallest absolute Gasteiger partial charge is 0.127 e. The molecule has 1 unspecified atom stereocenters. The maximum atomic E-state index is 5.91. The third-order valence-electron chi connectivity index (χ3n) is 4.05. The van der Waals surface area contributed by atoms with Crippen LogP contribution in [0.2, 0.25) is 0 Å². The Kier molecular flexibility index (Phi) is 2.62. The summed E-state index contributed by atoms with van der Waals surface area (Å²) in [4.78, 5) is 0. The first kappa shape index (κ1) is 11.1. The van der Waals surface area contributed by atoms with Crippen molar-refractivity contribution in [1.29, 1.82) is 0 Å². The average molecular weight is 231 g/mol. The summed E-state index contributed by atoms with van der Waals surface area (Å²) in [6, 6.07) is 3.56. The molecule has 2 heteroatoms. The molecule has 1 heterocycles. The number of hydrogen-bond donors (Lipinski definition) is 1. The molecule has 0 radical (unpaired) electrons. The molecule has 1 saturated carbocycles. The Morgan fingerprint density at radius 3 is 2.59 bits per heavy atom. The number of ether oxygens (including phenoxy) is 1. The van der Waals surface area contributed by atoms with Crippen molar-refractivity contribution in [3.8, 4) is 5.75 Å². The Morgan fingerprint density at radius 1 is 1.12 bits per heavy atom. The van der Waals surface area contributed by atoms with Crippen molar-refractivity contribution in [1.82, 2.24) is 5.32 Å². The van der Waals surface area contributed by atoms with Gasteiger partial charge in [-0.2, -0.15) is 0 Å². The number of fused-ring (bicyclic) bond motifs is 1. The molecule has 2 nitrogen and oxygen atoms in total. The van der Waals surface area contributed by atoms with Gasteiger partial charge in [-0.25, -0.2) is 0 Å². The summed E-state index contributed by atoms with van der Waals surface area (Å²) < 4.78 is 5.91. The highest BCUT2D eigenvalue weighted by atomic mass is 16.5. The van der Waals surface area contributed by atoms with Crippen LogP contribution in [-0.2, 0) is 0 Å². The highest BCUT2D eigenvalue weighted by molar-refractivity contribution is 5.52.